The number of halogens is 1. The molecule has 0 radical (unpaired) electrons. The van der Waals surface area contributed by atoms with Gasteiger partial charge in [0.15, 0.2) is 10.2 Å². The van der Waals surface area contributed by atoms with Crippen LogP contribution in [0.25, 0.3) is 0 Å². The topological polar surface area (TPSA) is 51.4 Å². The summed E-state index contributed by atoms with van der Waals surface area (Å²) in [6.45, 7) is 1.66. The van der Waals surface area contributed by atoms with Crippen LogP contribution in [0.3, 0.4) is 0 Å². The second-order valence-corrected chi connectivity index (χ2v) is 5.52. The summed E-state index contributed by atoms with van der Waals surface area (Å²) in [5.74, 6) is 0. The quantitative estimate of drug-likeness (QED) is 0.493. The van der Waals surface area contributed by atoms with Crippen molar-refractivity contribution in [1.29, 1.82) is 0 Å². The molecule has 1 aromatic carbocycles. The fourth-order valence-corrected chi connectivity index (χ4v) is 1.69. The first-order valence-corrected chi connectivity index (χ1v) is 7.18. The molecule has 0 aliphatic rings. The molecule has 4 N–H and O–H groups in total. The number of likely N-dealkylation sites (N-methyl/N-ethyl adjacent to an activating group) is 1. The summed E-state index contributed by atoms with van der Waals surface area (Å²) >= 11 is 16.0. The lowest BCUT2D eigenvalue weighted by molar-refractivity contribution is 0.412. The third kappa shape index (κ3) is 7.44. The van der Waals surface area contributed by atoms with Gasteiger partial charge in [-0.3, -0.25) is 10.9 Å². The second-order valence-electron chi connectivity index (χ2n) is 4.27. The number of hydrogen-bond acceptors (Lipinski definition) is 3. The van der Waals surface area contributed by atoms with Crippen LogP contribution in [0.1, 0.15) is 0 Å². The molecular weight excluding hydrogens is 314 g/mol. The van der Waals surface area contributed by atoms with Crippen LogP contribution in [0, 0.1) is 0 Å². The van der Waals surface area contributed by atoms with Gasteiger partial charge in [-0.05, 0) is 62.8 Å². The van der Waals surface area contributed by atoms with E-state index >= 15 is 0 Å². The van der Waals surface area contributed by atoms with Crippen molar-refractivity contribution in [3.8, 4) is 0 Å². The summed E-state index contributed by atoms with van der Waals surface area (Å²) in [7, 11) is 4.00. The minimum absolute atomic E-state index is 0.420. The Morgan fingerprint density at radius 3 is 2.30 bits per heavy atom. The van der Waals surface area contributed by atoms with Crippen molar-refractivity contribution in [3.63, 3.8) is 0 Å². The largest absolute Gasteiger partial charge is 0.360 e. The molecule has 0 heterocycles. The van der Waals surface area contributed by atoms with Crippen LogP contribution in [0.15, 0.2) is 24.3 Å². The van der Waals surface area contributed by atoms with Gasteiger partial charge in [0.1, 0.15) is 0 Å². The fourth-order valence-electron chi connectivity index (χ4n) is 1.25. The van der Waals surface area contributed by atoms with E-state index in [1.165, 1.54) is 0 Å². The summed E-state index contributed by atoms with van der Waals surface area (Å²) in [6.07, 6.45) is 0. The Morgan fingerprint density at radius 2 is 1.70 bits per heavy atom. The van der Waals surface area contributed by atoms with E-state index in [4.69, 9.17) is 36.0 Å². The highest BCUT2D eigenvalue weighted by Crippen LogP contribution is 2.12. The average molecular weight is 332 g/mol. The molecule has 0 unspecified atom stereocenters. The SMILES string of the molecule is CN(C)CCNC(=S)NNC(=S)Nc1ccc(Cl)cc1. The molecule has 8 heteroatoms. The van der Waals surface area contributed by atoms with Gasteiger partial charge in [-0.25, -0.2) is 0 Å². The van der Waals surface area contributed by atoms with Crippen molar-refractivity contribution in [2.24, 2.45) is 0 Å². The molecule has 0 aliphatic carbocycles. The predicted molar refractivity (Wildman–Crippen MR) is 93.1 cm³/mol. The molecule has 0 saturated carbocycles. The van der Waals surface area contributed by atoms with Crippen LogP contribution < -0.4 is 21.5 Å². The third-order valence-electron chi connectivity index (χ3n) is 2.24. The van der Waals surface area contributed by atoms with Crippen molar-refractivity contribution >= 4 is 51.9 Å². The third-order valence-corrected chi connectivity index (χ3v) is 2.94. The Bertz CT molecular complexity index is 450. The Kier molecular flexibility index (Phi) is 7.53. The molecular formula is C12H18ClN5S2. The lowest BCUT2D eigenvalue weighted by Gasteiger charge is -2.15. The molecule has 0 saturated heterocycles. The van der Waals surface area contributed by atoms with Gasteiger partial charge in [0.2, 0.25) is 0 Å². The highest BCUT2D eigenvalue weighted by Gasteiger charge is 1.99. The number of rotatable bonds is 4. The van der Waals surface area contributed by atoms with Gasteiger partial charge in [0.25, 0.3) is 0 Å². The molecule has 5 nitrogen and oxygen atoms in total. The summed E-state index contributed by atoms with van der Waals surface area (Å²) < 4.78 is 0. The van der Waals surface area contributed by atoms with Gasteiger partial charge in [0.05, 0.1) is 0 Å². The lowest BCUT2D eigenvalue weighted by Crippen LogP contribution is -2.49. The van der Waals surface area contributed by atoms with E-state index in [9.17, 15) is 0 Å². The van der Waals surface area contributed by atoms with E-state index in [0.29, 0.717) is 15.2 Å². The van der Waals surface area contributed by atoms with Crippen LogP contribution >= 0.6 is 36.0 Å². The van der Waals surface area contributed by atoms with Crippen molar-refractivity contribution in [2.75, 3.05) is 32.5 Å². The molecule has 0 bridgehead atoms. The first-order chi connectivity index (χ1) is 9.47. The Hall–Kier alpha value is -1.15. The van der Waals surface area contributed by atoms with Gasteiger partial charge >= 0.3 is 0 Å². The van der Waals surface area contributed by atoms with Gasteiger partial charge in [-0.2, -0.15) is 0 Å². The van der Waals surface area contributed by atoms with Crippen LogP contribution in [-0.4, -0.2) is 42.3 Å². The second kappa shape index (κ2) is 8.91. The Morgan fingerprint density at radius 1 is 1.10 bits per heavy atom. The van der Waals surface area contributed by atoms with Crippen LogP contribution in [0.4, 0.5) is 5.69 Å². The summed E-state index contributed by atoms with van der Waals surface area (Å²) in [6, 6.07) is 7.24. The monoisotopic (exact) mass is 331 g/mol. The van der Waals surface area contributed by atoms with Gasteiger partial charge in [-0.15, -0.1) is 0 Å². The van der Waals surface area contributed by atoms with Crippen molar-refractivity contribution in [3.05, 3.63) is 29.3 Å². The summed E-state index contributed by atoms with van der Waals surface area (Å²) in [4.78, 5) is 2.07. The predicted octanol–water partition coefficient (Wildman–Crippen LogP) is 1.57. The Balaban J connectivity index is 2.22. The number of hydrogen-bond donors (Lipinski definition) is 4. The maximum Gasteiger partial charge on any atom is 0.189 e. The van der Waals surface area contributed by atoms with E-state index < -0.39 is 0 Å². The molecule has 0 spiro atoms. The first kappa shape index (κ1) is 16.9. The Labute approximate surface area is 135 Å². The van der Waals surface area contributed by atoms with Crippen molar-refractivity contribution in [2.45, 2.75) is 0 Å². The minimum atomic E-state index is 0.420. The molecule has 0 atom stereocenters. The molecule has 0 aliphatic heterocycles. The molecule has 0 amide bonds. The highest BCUT2D eigenvalue weighted by molar-refractivity contribution is 7.80. The van der Waals surface area contributed by atoms with Crippen LogP contribution in [-0.2, 0) is 0 Å². The molecule has 0 fully saturated rings. The van der Waals surface area contributed by atoms with Gasteiger partial charge in [-0.1, -0.05) is 11.6 Å². The van der Waals surface area contributed by atoms with Crippen LogP contribution in [0.5, 0.6) is 0 Å². The fraction of sp³-hybridized carbons (Fsp3) is 0.333. The number of benzene rings is 1. The van der Waals surface area contributed by atoms with Gasteiger partial charge in [0, 0.05) is 23.8 Å². The molecule has 20 heavy (non-hydrogen) atoms. The van der Waals surface area contributed by atoms with E-state index in [2.05, 4.69) is 26.4 Å². The van der Waals surface area contributed by atoms with Crippen molar-refractivity contribution < 1.29 is 0 Å². The number of nitrogens with zero attached hydrogens (tertiary/aromatic N) is 1. The number of thiocarbonyl (C=S) groups is 2. The number of anilines is 1. The summed E-state index contributed by atoms with van der Waals surface area (Å²) in [5, 5.41) is 7.65. The normalized spacial score (nSPS) is 10.0. The van der Waals surface area contributed by atoms with E-state index in [1.807, 2.05) is 26.2 Å². The van der Waals surface area contributed by atoms with Gasteiger partial charge < -0.3 is 15.5 Å². The van der Waals surface area contributed by atoms with E-state index in [-0.39, 0.29) is 0 Å². The minimum Gasteiger partial charge on any atom is -0.360 e. The van der Waals surface area contributed by atoms with E-state index in [1.54, 1.807) is 12.1 Å². The maximum absolute atomic E-state index is 5.80. The molecule has 1 aromatic rings. The zero-order chi connectivity index (χ0) is 15.0. The molecule has 1 rings (SSSR count). The standard InChI is InChI=1S/C12H18ClN5S2/c1-18(2)8-7-14-11(19)16-17-12(20)15-10-5-3-9(13)4-6-10/h3-6H,7-8H2,1-2H3,(H2,14,16,19)(H2,15,17,20). The zero-order valence-corrected chi connectivity index (χ0v) is 13.8. The highest BCUT2D eigenvalue weighted by atomic mass is 35.5. The summed E-state index contributed by atoms with van der Waals surface area (Å²) in [5.41, 5.74) is 6.46. The first-order valence-electron chi connectivity index (χ1n) is 5.98. The lowest BCUT2D eigenvalue weighted by atomic mass is 10.3. The maximum atomic E-state index is 5.80. The van der Waals surface area contributed by atoms with E-state index in [0.717, 1.165) is 18.8 Å². The smallest absolute Gasteiger partial charge is 0.189 e. The molecule has 0 aromatic heterocycles. The zero-order valence-electron chi connectivity index (χ0n) is 11.4. The van der Waals surface area contributed by atoms with Crippen LogP contribution in [0.2, 0.25) is 5.02 Å². The molecule has 110 valence electrons. The number of hydrazine groups is 1. The van der Waals surface area contributed by atoms with Crippen molar-refractivity contribution in [1.82, 2.24) is 21.1 Å². The average Bonchev–Trinajstić information content (AvgIpc) is 2.39. The number of nitrogens with one attached hydrogen (secondary N) is 4.